The van der Waals surface area contributed by atoms with Gasteiger partial charge in [-0.2, -0.15) is 0 Å². The zero-order valence-electron chi connectivity index (χ0n) is 9.12. The molecule has 15 heavy (non-hydrogen) atoms. The van der Waals surface area contributed by atoms with Gasteiger partial charge in [-0.1, -0.05) is 12.1 Å². The molecule has 0 N–H and O–H groups in total. The summed E-state index contributed by atoms with van der Waals surface area (Å²) in [7, 11) is 0. The number of fused-ring (bicyclic) bond motifs is 1. The predicted octanol–water partition coefficient (Wildman–Crippen LogP) is 1.85. The topological polar surface area (TPSA) is 29.5 Å². The van der Waals surface area contributed by atoms with Gasteiger partial charge in [0.05, 0.1) is 12.1 Å². The van der Waals surface area contributed by atoms with Crippen molar-refractivity contribution in [2.75, 3.05) is 19.7 Å². The van der Waals surface area contributed by atoms with E-state index in [9.17, 15) is 4.79 Å². The second-order valence-electron chi connectivity index (χ2n) is 3.68. The summed E-state index contributed by atoms with van der Waals surface area (Å²) < 4.78 is 5.57. The van der Waals surface area contributed by atoms with E-state index >= 15 is 0 Å². The first-order valence-corrected chi connectivity index (χ1v) is 5.25. The van der Waals surface area contributed by atoms with Gasteiger partial charge in [0.1, 0.15) is 12.4 Å². The van der Waals surface area contributed by atoms with Crippen LogP contribution in [0.25, 0.3) is 0 Å². The summed E-state index contributed by atoms with van der Waals surface area (Å²) in [5.41, 5.74) is 1.70. The van der Waals surface area contributed by atoms with Gasteiger partial charge in [-0.15, -0.1) is 0 Å². The second-order valence-corrected chi connectivity index (χ2v) is 3.68. The zero-order chi connectivity index (χ0) is 10.8. The van der Waals surface area contributed by atoms with Crippen LogP contribution in [0.5, 0.6) is 5.75 Å². The standard InChI is InChI=1S/C12H15NO2/c1-3-13-7-8-15-10-6-4-5-9(2)11(10)12(13)14/h4-6H,3,7-8H2,1-2H3. The fourth-order valence-electron chi connectivity index (χ4n) is 1.86. The summed E-state index contributed by atoms with van der Waals surface area (Å²) in [6.45, 7) is 5.91. The molecule has 0 bridgehead atoms. The van der Waals surface area contributed by atoms with E-state index in [1.807, 2.05) is 36.9 Å². The summed E-state index contributed by atoms with van der Waals surface area (Å²) in [4.78, 5) is 14.0. The molecule has 0 radical (unpaired) electrons. The van der Waals surface area contributed by atoms with Crippen LogP contribution in [0.4, 0.5) is 0 Å². The molecule has 0 aromatic heterocycles. The number of aryl methyl sites for hydroxylation is 1. The normalized spacial score (nSPS) is 15.6. The lowest BCUT2D eigenvalue weighted by molar-refractivity contribution is 0.0764. The van der Waals surface area contributed by atoms with Crippen molar-refractivity contribution < 1.29 is 9.53 Å². The van der Waals surface area contributed by atoms with E-state index in [4.69, 9.17) is 4.74 Å². The van der Waals surface area contributed by atoms with E-state index in [0.29, 0.717) is 13.2 Å². The quantitative estimate of drug-likeness (QED) is 0.700. The number of ether oxygens (including phenoxy) is 1. The molecule has 1 aromatic rings. The third-order valence-corrected chi connectivity index (χ3v) is 2.74. The molecule has 0 unspecified atom stereocenters. The maximum Gasteiger partial charge on any atom is 0.257 e. The van der Waals surface area contributed by atoms with Gasteiger partial charge >= 0.3 is 0 Å². The number of amides is 1. The average molecular weight is 205 g/mol. The summed E-state index contributed by atoms with van der Waals surface area (Å²) in [6, 6.07) is 5.72. The Labute approximate surface area is 89.7 Å². The van der Waals surface area contributed by atoms with E-state index in [1.165, 1.54) is 0 Å². The van der Waals surface area contributed by atoms with Crippen molar-refractivity contribution in [3.8, 4) is 5.75 Å². The molecule has 1 amide bonds. The van der Waals surface area contributed by atoms with Crippen LogP contribution >= 0.6 is 0 Å². The highest BCUT2D eigenvalue weighted by Gasteiger charge is 2.23. The Balaban J connectivity index is 2.49. The van der Waals surface area contributed by atoms with Gasteiger partial charge in [-0.3, -0.25) is 4.79 Å². The van der Waals surface area contributed by atoms with Crippen LogP contribution in [0.1, 0.15) is 22.8 Å². The lowest BCUT2D eigenvalue weighted by Crippen LogP contribution is -2.32. The van der Waals surface area contributed by atoms with Crippen LogP contribution in [-0.2, 0) is 0 Å². The van der Waals surface area contributed by atoms with Gasteiger partial charge in [0.25, 0.3) is 5.91 Å². The number of hydrogen-bond donors (Lipinski definition) is 0. The Morgan fingerprint density at radius 2 is 2.27 bits per heavy atom. The van der Waals surface area contributed by atoms with Crippen LogP contribution in [0.3, 0.4) is 0 Å². The van der Waals surface area contributed by atoms with E-state index < -0.39 is 0 Å². The molecule has 0 atom stereocenters. The van der Waals surface area contributed by atoms with E-state index in [-0.39, 0.29) is 5.91 Å². The molecular weight excluding hydrogens is 190 g/mol. The monoisotopic (exact) mass is 205 g/mol. The van der Waals surface area contributed by atoms with Gasteiger partial charge in [0, 0.05) is 6.54 Å². The molecule has 1 aliphatic rings. The predicted molar refractivity (Wildman–Crippen MR) is 58.3 cm³/mol. The van der Waals surface area contributed by atoms with Gasteiger partial charge in [-0.25, -0.2) is 0 Å². The first kappa shape index (κ1) is 10.0. The Morgan fingerprint density at radius 1 is 1.47 bits per heavy atom. The van der Waals surface area contributed by atoms with Crippen molar-refractivity contribution >= 4 is 5.91 Å². The highest BCUT2D eigenvalue weighted by atomic mass is 16.5. The zero-order valence-corrected chi connectivity index (χ0v) is 9.12. The largest absolute Gasteiger partial charge is 0.491 e. The van der Waals surface area contributed by atoms with E-state index in [2.05, 4.69) is 0 Å². The lowest BCUT2D eigenvalue weighted by Gasteiger charge is -2.17. The second kappa shape index (κ2) is 3.93. The van der Waals surface area contributed by atoms with Gasteiger partial charge in [0.15, 0.2) is 0 Å². The molecule has 3 nitrogen and oxygen atoms in total. The molecule has 0 fully saturated rings. The Hall–Kier alpha value is -1.51. The third-order valence-electron chi connectivity index (χ3n) is 2.74. The first-order chi connectivity index (χ1) is 7.24. The van der Waals surface area contributed by atoms with Crippen molar-refractivity contribution in [2.24, 2.45) is 0 Å². The average Bonchev–Trinajstić information content (AvgIpc) is 2.39. The molecule has 0 spiro atoms. The third kappa shape index (κ3) is 1.69. The minimum absolute atomic E-state index is 0.0862. The smallest absolute Gasteiger partial charge is 0.257 e. The van der Waals surface area contributed by atoms with Gasteiger partial charge in [-0.05, 0) is 25.5 Å². The molecular formula is C12H15NO2. The molecule has 0 saturated heterocycles. The summed E-state index contributed by atoms with van der Waals surface area (Å²) in [5, 5.41) is 0. The summed E-state index contributed by atoms with van der Waals surface area (Å²) in [5.74, 6) is 0.805. The van der Waals surface area contributed by atoms with Crippen LogP contribution in [0.2, 0.25) is 0 Å². The Bertz CT molecular complexity index is 387. The molecule has 2 rings (SSSR count). The van der Waals surface area contributed by atoms with E-state index in [1.54, 1.807) is 0 Å². The van der Waals surface area contributed by atoms with Gasteiger partial charge < -0.3 is 9.64 Å². The number of benzene rings is 1. The van der Waals surface area contributed by atoms with Gasteiger partial charge in [0.2, 0.25) is 0 Å². The molecule has 0 aliphatic carbocycles. The van der Waals surface area contributed by atoms with E-state index in [0.717, 1.165) is 23.4 Å². The highest BCUT2D eigenvalue weighted by molar-refractivity contribution is 5.98. The van der Waals surface area contributed by atoms with Crippen molar-refractivity contribution in [1.29, 1.82) is 0 Å². The molecule has 3 heteroatoms. The van der Waals surface area contributed by atoms with Crippen molar-refractivity contribution in [2.45, 2.75) is 13.8 Å². The van der Waals surface area contributed by atoms with Crippen LogP contribution in [0.15, 0.2) is 18.2 Å². The fourth-order valence-corrected chi connectivity index (χ4v) is 1.86. The van der Waals surface area contributed by atoms with Crippen LogP contribution in [-0.4, -0.2) is 30.5 Å². The first-order valence-electron chi connectivity index (χ1n) is 5.25. The van der Waals surface area contributed by atoms with Crippen LogP contribution < -0.4 is 4.74 Å². The summed E-state index contributed by atoms with van der Waals surface area (Å²) in [6.07, 6.45) is 0. The minimum atomic E-state index is 0.0862. The SMILES string of the molecule is CCN1CCOc2cccc(C)c2C1=O. The van der Waals surface area contributed by atoms with Crippen molar-refractivity contribution in [1.82, 2.24) is 4.90 Å². The molecule has 80 valence electrons. The highest BCUT2D eigenvalue weighted by Crippen LogP contribution is 2.25. The van der Waals surface area contributed by atoms with Crippen LogP contribution in [0, 0.1) is 6.92 Å². The number of hydrogen-bond acceptors (Lipinski definition) is 2. The Kier molecular flexibility index (Phi) is 2.62. The number of rotatable bonds is 1. The fraction of sp³-hybridized carbons (Fsp3) is 0.417. The van der Waals surface area contributed by atoms with Crippen molar-refractivity contribution in [3.63, 3.8) is 0 Å². The number of nitrogens with zero attached hydrogens (tertiary/aromatic N) is 1. The molecule has 1 aliphatic heterocycles. The minimum Gasteiger partial charge on any atom is -0.491 e. The Morgan fingerprint density at radius 3 is 3.00 bits per heavy atom. The lowest BCUT2D eigenvalue weighted by atomic mass is 10.1. The number of likely N-dealkylation sites (N-methyl/N-ethyl adjacent to an activating group) is 1. The number of carbonyl (C=O) groups excluding carboxylic acids is 1. The maximum absolute atomic E-state index is 12.1. The summed E-state index contributed by atoms with van der Waals surface area (Å²) >= 11 is 0. The maximum atomic E-state index is 12.1. The molecule has 1 heterocycles. The molecule has 1 aromatic carbocycles. The molecule has 0 saturated carbocycles. The number of carbonyl (C=O) groups is 1. The van der Waals surface area contributed by atoms with Crippen molar-refractivity contribution in [3.05, 3.63) is 29.3 Å².